The van der Waals surface area contributed by atoms with Gasteiger partial charge in [0.05, 0.1) is 6.04 Å². The lowest BCUT2D eigenvalue weighted by Gasteiger charge is -2.42. The number of hydrogen-bond donors (Lipinski definition) is 1. The summed E-state index contributed by atoms with van der Waals surface area (Å²) in [6.45, 7) is 6.17. The van der Waals surface area contributed by atoms with Crippen molar-refractivity contribution in [3.8, 4) is 0 Å². The largest absolute Gasteiger partial charge is 0.333 e. The van der Waals surface area contributed by atoms with E-state index in [9.17, 15) is 4.79 Å². The molecule has 1 heterocycles. The standard InChI is InChI=1S/C15H29N3O/c1-15(2)9-10-16-13(11-17(3)4)14(19)18(15)12-7-5-6-8-12/h12-13,16H,5-11H2,1-4H3. The Morgan fingerprint density at radius 2 is 1.95 bits per heavy atom. The number of carbonyl (C=O) groups excluding carboxylic acids is 1. The van der Waals surface area contributed by atoms with Gasteiger partial charge < -0.3 is 15.1 Å². The summed E-state index contributed by atoms with van der Waals surface area (Å²) in [5, 5.41) is 3.44. The second kappa shape index (κ2) is 5.80. The maximum atomic E-state index is 12.9. The van der Waals surface area contributed by atoms with Crippen molar-refractivity contribution in [2.45, 2.75) is 63.6 Å². The quantitative estimate of drug-likeness (QED) is 0.841. The molecule has 0 radical (unpaired) electrons. The minimum Gasteiger partial charge on any atom is -0.333 e. The fraction of sp³-hybridized carbons (Fsp3) is 0.933. The predicted octanol–water partition coefficient (Wildman–Crippen LogP) is 1.46. The molecule has 1 unspecified atom stereocenters. The third-order valence-electron chi connectivity index (χ3n) is 4.55. The van der Waals surface area contributed by atoms with Crippen molar-refractivity contribution in [2.24, 2.45) is 0 Å². The van der Waals surface area contributed by atoms with Gasteiger partial charge in [-0.2, -0.15) is 0 Å². The van der Waals surface area contributed by atoms with Gasteiger partial charge in [0.25, 0.3) is 0 Å². The van der Waals surface area contributed by atoms with Crippen LogP contribution in [0.1, 0.15) is 46.0 Å². The van der Waals surface area contributed by atoms with Crippen LogP contribution in [0, 0.1) is 0 Å². The molecule has 2 fully saturated rings. The van der Waals surface area contributed by atoms with E-state index in [0.717, 1.165) is 19.5 Å². The van der Waals surface area contributed by atoms with Gasteiger partial charge in [0.15, 0.2) is 0 Å². The molecule has 0 aromatic carbocycles. The molecular weight excluding hydrogens is 238 g/mol. The molecule has 1 saturated carbocycles. The normalized spacial score (nSPS) is 29.0. The van der Waals surface area contributed by atoms with Crippen LogP contribution < -0.4 is 5.32 Å². The Kier molecular flexibility index (Phi) is 4.51. The molecule has 1 atom stereocenters. The van der Waals surface area contributed by atoms with Crippen LogP contribution in [-0.2, 0) is 4.79 Å². The van der Waals surface area contributed by atoms with Crippen LogP contribution in [0.2, 0.25) is 0 Å². The number of likely N-dealkylation sites (N-methyl/N-ethyl adjacent to an activating group) is 1. The third-order valence-corrected chi connectivity index (χ3v) is 4.55. The van der Waals surface area contributed by atoms with Gasteiger partial charge in [-0.3, -0.25) is 4.79 Å². The first-order valence-electron chi connectivity index (χ1n) is 7.63. The van der Waals surface area contributed by atoms with Crippen LogP contribution >= 0.6 is 0 Å². The van der Waals surface area contributed by atoms with Crippen molar-refractivity contribution in [3.63, 3.8) is 0 Å². The van der Waals surface area contributed by atoms with E-state index in [1.165, 1.54) is 25.7 Å². The van der Waals surface area contributed by atoms with Crippen LogP contribution in [0.3, 0.4) is 0 Å². The molecule has 1 amide bonds. The average Bonchev–Trinajstić information content (AvgIpc) is 2.76. The summed E-state index contributed by atoms with van der Waals surface area (Å²) >= 11 is 0. The molecule has 4 heteroatoms. The fourth-order valence-corrected chi connectivity index (χ4v) is 3.57. The van der Waals surface area contributed by atoms with Gasteiger partial charge in [-0.1, -0.05) is 12.8 Å². The summed E-state index contributed by atoms with van der Waals surface area (Å²) in [5.74, 6) is 0.308. The smallest absolute Gasteiger partial charge is 0.241 e. The minimum absolute atomic E-state index is 0.0137. The molecule has 0 aromatic heterocycles. The van der Waals surface area contributed by atoms with Crippen molar-refractivity contribution < 1.29 is 4.79 Å². The summed E-state index contributed by atoms with van der Waals surface area (Å²) < 4.78 is 0. The fourth-order valence-electron chi connectivity index (χ4n) is 3.57. The first-order valence-corrected chi connectivity index (χ1v) is 7.63. The van der Waals surface area contributed by atoms with E-state index in [-0.39, 0.29) is 11.6 Å². The highest BCUT2D eigenvalue weighted by Gasteiger charge is 2.42. The molecule has 19 heavy (non-hydrogen) atoms. The molecule has 110 valence electrons. The first-order chi connectivity index (χ1) is 8.92. The Labute approximate surface area is 117 Å². The summed E-state index contributed by atoms with van der Waals surface area (Å²) in [6, 6.07) is 0.421. The maximum Gasteiger partial charge on any atom is 0.241 e. The van der Waals surface area contributed by atoms with Gasteiger partial charge in [-0.25, -0.2) is 0 Å². The van der Waals surface area contributed by atoms with Crippen LogP contribution in [0.5, 0.6) is 0 Å². The lowest BCUT2D eigenvalue weighted by atomic mass is 9.95. The number of rotatable bonds is 3. The molecule has 1 aliphatic carbocycles. The Hall–Kier alpha value is -0.610. The van der Waals surface area contributed by atoms with Crippen molar-refractivity contribution in [2.75, 3.05) is 27.2 Å². The predicted molar refractivity (Wildman–Crippen MR) is 78.1 cm³/mol. The van der Waals surface area contributed by atoms with Crippen molar-refractivity contribution in [1.82, 2.24) is 15.1 Å². The van der Waals surface area contributed by atoms with Crippen LogP contribution in [0.4, 0.5) is 0 Å². The van der Waals surface area contributed by atoms with E-state index in [1.807, 2.05) is 14.1 Å². The van der Waals surface area contributed by atoms with Gasteiger partial charge >= 0.3 is 0 Å². The summed E-state index contributed by atoms with van der Waals surface area (Å²) in [4.78, 5) is 17.2. The molecule has 2 aliphatic rings. The van der Waals surface area contributed by atoms with Gasteiger partial charge in [0.2, 0.25) is 5.91 Å². The SMILES string of the molecule is CN(C)CC1NCCC(C)(C)N(C2CCCC2)C1=O. The zero-order valence-corrected chi connectivity index (χ0v) is 12.9. The highest BCUT2D eigenvalue weighted by Crippen LogP contribution is 2.32. The van der Waals surface area contributed by atoms with Gasteiger partial charge in [-0.15, -0.1) is 0 Å². The number of hydrogen-bond acceptors (Lipinski definition) is 3. The number of nitrogens with one attached hydrogen (secondary N) is 1. The minimum atomic E-state index is -0.0441. The number of carbonyl (C=O) groups is 1. The summed E-state index contributed by atoms with van der Waals surface area (Å²) in [5.41, 5.74) is -0.0137. The zero-order chi connectivity index (χ0) is 14.0. The van der Waals surface area contributed by atoms with E-state index in [1.54, 1.807) is 0 Å². The molecule has 2 rings (SSSR count). The maximum absolute atomic E-state index is 12.9. The van der Waals surface area contributed by atoms with Crippen molar-refractivity contribution >= 4 is 5.91 Å². The molecule has 0 spiro atoms. The van der Waals surface area contributed by atoms with Gasteiger partial charge in [0, 0.05) is 18.1 Å². The molecule has 1 N–H and O–H groups in total. The Morgan fingerprint density at radius 3 is 2.53 bits per heavy atom. The van der Waals surface area contributed by atoms with Crippen LogP contribution in [0.15, 0.2) is 0 Å². The third kappa shape index (κ3) is 3.29. The summed E-state index contributed by atoms with van der Waals surface area (Å²) in [7, 11) is 4.07. The first kappa shape index (κ1) is 14.8. The van der Waals surface area contributed by atoms with E-state index in [0.29, 0.717) is 11.9 Å². The van der Waals surface area contributed by atoms with Crippen molar-refractivity contribution in [3.05, 3.63) is 0 Å². The van der Waals surface area contributed by atoms with E-state index in [2.05, 4.69) is 29.0 Å². The number of nitrogens with zero attached hydrogens (tertiary/aromatic N) is 2. The summed E-state index contributed by atoms with van der Waals surface area (Å²) in [6.07, 6.45) is 5.96. The van der Waals surface area contributed by atoms with Crippen LogP contribution in [-0.4, -0.2) is 60.5 Å². The Bertz CT molecular complexity index is 321. The van der Waals surface area contributed by atoms with E-state index in [4.69, 9.17) is 0 Å². The average molecular weight is 267 g/mol. The second-order valence-corrected chi connectivity index (χ2v) is 6.98. The van der Waals surface area contributed by atoms with Crippen molar-refractivity contribution in [1.29, 1.82) is 0 Å². The molecule has 1 aliphatic heterocycles. The lowest BCUT2D eigenvalue weighted by molar-refractivity contribution is -0.141. The molecule has 4 nitrogen and oxygen atoms in total. The second-order valence-electron chi connectivity index (χ2n) is 6.98. The van der Waals surface area contributed by atoms with Gasteiger partial charge in [0.1, 0.15) is 0 Å². The highest BCUT2D eigenvalue weighted by molar-refractivity contribution is 5.83. The Morgan fingerprint density at radius 1 is 1.32 bits per heavy atom. The molecule has 0 aromatic rings. The topological polar surface area (TPSA) is 35.6 Å². The van der Waals surface area contributed by atoms with Crippen LogP contribution in [0.25, 0.3) is 0 Å². The van der Waals surface area contributed by atoms with E-state index >= 15 is 0 Å². The van der Waals surface area contributed by atoms with E-state index < -0.39 is 0 Å². The highest BCUT2D eigenvalue weighted by atomic mass is 16.2. The molecule has 0 bridgehead atoms. The monoisotopic (exact) mass is 267 g/mol. The molecule has 1 saturated heterocycles. The molecular formula is C15H29N3O. The lowest BCUT2D eigenvalue weighted by Crippen LogP contribution is -2.56. The van der Waals surface area contributed by atoms with Gasteiger partial charge in [-0.05, 0) is 53.8 Å². The number of amides is 1. The zero-order valence-electron chi connectivity index (χ0n) is 12.9. The Balaban J connectivity index is 2.19.